The van der Waals surface area contributed by atoms with Gasteiger partial charge in [-0.2, -0.15) is 0 Å². The zero-order chi connectivity index (χ0) is 9.84. The molecule has 0 aliphatic rings. The molecule has 1 aromatic heterocycles. The van der Waals surface area contributed by atoms with Crippen LogP contribution >= 0.6 is 0 Å². The number of hydrogen-bond donors (Lipinski definition) is 1. The first-order valence-electron chi connectivity index (χ1n) is 3.42. The monoisotopic (exact) mass is 186 g/mol. The Balaban J connectivity index is 2.59. The second kappa shape index (κ2) is 3.79. The Morgan fingerprint density at radius 1 is 1.62 bits per heavy atom. The lowest BCUT2D eigenvalue weighted by Gasteiger charge is -1.99. The van der Waals surface area contributed by atoms with Crippen LogP contribution in [0, 0.1) is 14.0 Å². The summed E-state index contributed by atoms with van der Waals surface area (Å²) in [4.78, 5) is 21.1. The largest absolute Gasteiger partial charge is 0.519 e. The number of carbonyl (C=O) groups excluding carboxylic acids is 1. The lowest BCUT2D eigenvalue weighted by atomic mass is 10.4. The van der Waals surface area contributed by atoms with Gasteiger partial charge in [0, 0.05) is 7.05 Å². The van der Waals surface area contributed by atoms with Crippen molar-refractivity contribution in [1.29, 1.82) is 0 Å². The molecule has 1 radical (unpaired) electrons. The lowest BCUT2D eigenvalue weighted by molar-refractivity contribution is 0.133. The Kier molecular flexibility index (Phi) is 2.73. The molecule has 71 valence electrons. The quantitative estimate of drug-likeness (QED) is 0.729. The molecule has 13 heavy (non-hydrogen) atoms. The Labute approximate surface area is 73.5 Å². The molecule has 0 aliphatic heterocycles. The standard InChI is InChI=1S/C7H8NO5/c1-4-5(13-7(10)12-4)3-11-6(9)8-2/h2-3H2,1H3,(H,8,9). The van der Waals surface area contributed by atoms with Gasteiger partial charge in [-0.3, -0.25) is 0 Å². The van der Waals surface area contributed by atoms with Gasteiger partial charge in [0.25, 0.3) is 0 Å². The Hall–Kier alpha value is -1.72. The van der Waals surface area contributed by atoms with Crippen molar-refractivity contribution in [2.24, 2.45) is 0 Å². The average Bonchev–Trinajstić information content (AvgIpc) is 2.41. The van der Waals surface area contributed by atoms with E-state index >= 15 is 0 Å². The van der Waals surface area contributed by atoms with Crippen LogP contribution in [0.3, 0.4) is 0 Å². The van der Waals surface area contributed by atoms with E-state index in [1.807, 2.05) is 5.32 Å². The summed E-state index contributed by atoms with van der Waals surface area (Å²) in [5.41, 5.74) is 0. The predicted molar refractivity (Wildman–Crippen MR) is 40.7 cm³/mol. The number of aryl methyl sites for hydroxylation is 1. The number of amides is 1. The van der Waals surface area contributed by atoms with Gasteiger partial charge in [-0.15, -0.1) is 0 Å². The van der Waals surface area contributed by atoms with Crippen LogP contribution in [0.15, 0.2) is 13.6 Å². The fourth-order valence-electron chi connectivity index (χ4n) is 0.688. The number of ether oxygens (including phenoxy) is 1. The highest BCUT2D eigenvalue weighted by atomic mass is 16.6. The van der Waals surface area contributed by atoms with Crippen molar-refractivity contribution in [3.63, 3.8) is 0 Å². The zero-order valence-electron chi connectivity index (χ0n) is 6.96. The van der Waals surface area contributed by atoms with Crippen molar-refractivity contribution in [3.8, 4) is 0 Å². The molecule has 0 saturated heterocycles. The third kappa shape index (κ3) is 2.36. The summed E-state index contributed by atoms with van der Waals surface area (Å²) in [6.45, 7) is 1.38. The Morgan fingerprint density at radius 2 is 2.31 bits per heavy atom. The van der Waals surface area contributed by atoms with Crippen LogP contribution in [0.2, 0.25) is 0 Å². The van der Waals surface area contributed by atoms with Crippen LogP contribution in [0.5, 0.6) is 0 Å². The minimum absolute atomic E-state index is 0.154. The normalized spacial score (nSPS) is 9.69. The summed E-state index contributed by atoms with van der Waals surface area (Å²) >= 11 is 0. The first-order chi connectivity index (χ1) is 6.13. The third-order valence-corrected chi connectivity index (χ3v) is 1.31. The number of rotatable bonds is 2. The summed E-state index contributed by atoms with van der Waals surface area (Å²) in [7, 11) is 3.09. The van der Waals surface area contributed by atoms with Crippen molar-refractivity contribution in [1.82, 2.24) is 5.32 Å². The first-order valence-corrected chi connectivity index (χ1v) is 3.42. The smallest absolute Gasteiger partial charge is 0.441 e. The molecule has 0 saturated carbocycles. The van der Waals surface area contributed by atoms with Crippen LogP contribution in [-0.4, -0.2) is 6.09 Å². The van der Waals surface area contributed by atoms with Gasteiger partial charge in [0.15, 0.2) is 18.1 Å². The maximum atomic E-state index is 10.6. The summed E-state index contributed by atoms with van der Waals surface area (Å²) in [5, 5.41) is 2.00. The first kappa shape index (κ1) is 9.37. The molecule has 1 heterocycles. The van der Waals surface area contributed by atoms with Crippen LogP contribution < -0.4 is 11.1 Å². The molecule has 0 fully saturated rings. The van der Waals surface area contributed by atoms with E-state index in [9.17, 15) is 9.59 Å². The van der Waals surface area contributed by atoms with Crippen LogP contribution in [0.25, 0.3) is 0 Å². The van der Waals surface area contributed by atoms with E-state index in [0.717, 1.165) is 0 Å². The molecule has 6 nitrogen and oxygen atoms in total. The average molecular weight is 186 g/mol. The van der Waals surface area contributed by atoms with Crippen molar-refractivity contribution in [3.05, 3.63) is 29.2 Å². The molecule has 6 heteroatoms. The fourth-order valence-corrected chi connectivity index (χ4v) is 0.688. The van der Waals surface area contributed by atoms with Crippen molar-refractivity contribution in [2.75, 3.05) is 0 Å². The van der Waals surface area contributed by atoms with Crippen LogP contribution in [0.4, 0.5) is 4.79 Å². The summed E-state index contributed by atoms with van der Waals surface area (Å²) in [6, 6.07) is 0. The van der Waals surface area contributed by atoms with Crippen LogP contribution in [-0.2, 0) is 11.3 Å². The van der Waals surface area contributed by atoms with Gasteiger partial charge in [-0.1, -0.05) is 0 Å². The molecule has 1 N–H and O–H groups in total. The van der Waals surface area contributed by atoms with E-state index in [4.69, 9.17) is 0 Å². The number of hydrogen-bond acceptors (Lipinski definition) is 5. The number of alkyl carbamates (subject to hydrolysis) is 1. The number of carbonyl (C=O) groups is 1. The second-order valence-corrected chi connectivity index (χ2v) is 2.19. The van der Waals surface area contributed by atoms with E-state index in [0.29, 0.717) is 5.76 Å². The highest BCUT2D eigenvalue weighted by Gasteiger charge is 2.09. The van der Waals surface area contributed by atoms with Crippen molar-refractivity contribution < 1.29 is 18.4 Å². The summed E-state index contributed by atoms with van der Waals surface area (Å²) in [5.74, 6) is -0.332. The van der Waals surface area contributed by atoms with Gasteiger partial charge in [-0.05, 0) is 6.92 Å². The molecular formula is C7H8NO5. The predicted octanol–water partition coefficient (Wildman–Crippen LogP) is 0.559. The van der Waals surface area contributed by atoms with Gasteiger partial charge < -0.3 is 18.9 Å². The molecule has 0 aromatic carbocycles. The zero-order valence-corrected chi connectivity index (χ0v) is 6.96. The SMILES string of the molecule is [CH2]NC(=O)OCc1oc(=O)oc1C. The second-order valence-electron chi connectivity index (χ2n) is 2.19. The molecule has 1 aromatic rings. The van der Waals surface area contributed by atoms with Crippen molar-refractivity contribution in [2.45, 2.75) is 13.5 Å². The van der Waals surface area contributed by atoms with E-state index in [1.165, 1.54) is 6.92 Å². The highest BCUT2D eigenvalue weighted by molar-refractivity contribution is 5.67. The topological polar surface area (TPSA) is 81.7 Å². The minimum Gasteiger partial charge on any atom is -0.441 e. The van der Waals surface area contributed by atoms with E-state index in [1.54, 1.807) is 0 Å². The molecule has 0 aliphatic carbocycles. The molecular weight excluding hydrogens is 178 g/mol. The lowest BCUT2D eigenvalue weighted by Crippen LogP contribution is -2.16. The summed E-state index contributed by atoms with van der Waals surface area (Å²) < 4.78 is 13.7. The minimum atomic E-state index is -0.814. The van der Waals surface area contributed by atoms with Crippen molar-refractivity contribution >= 4 is 6.09 Å². The fraction of sp³-hybridized carbons (Fsp3) is 0.286. The summed E-state index contributed by atoms with van der Waals surface area (Å²) in [6.07, 6.45) is -0.705. The maximum absolute atomic E-state index is 10.6. The molecule has 0 unspecified atom stereocenters. The molecule has 1 amide bonds. The highest BCUT2D eigenvalue weighted by Crippen LogP contribution is 2.05. The van der Waals surface area contributed by atoms with E-state index in [2.05, 4.69) is 20.6 Å². The molecule has 1 rings (SSSR count). The Morgan fingerprint density at radius 3 is 2.77 bits per heavy atom. The number of nitrogens with one attached hydrogen (secondary N) is 1. The van der Waals surface area contributed by atoms with Crippen LogP contribution in [0.1, 0.15) is 11.5 Å². The van der Waals surface area contributed by atoms with Gasteiger partial charge >= 0.3 is 11.9 Å². The van der Waals surface area contributed by atoms with Gasteiger partial charge in [-0.25, -0.2) is 9.59 Å². The van der Waals surface area contributed by atoms with Gasteiger partial charge in [0.2, 0.25) is 0 Å². The molecule has 0 spiro atoms. The Bertz CT molecular complexity index is 350. The third-order valence-electron chi connectivity index (χ3n) is 1.31. The van der Waals surface area contributed by atoms with E-state index < -0.39 is 11.9 Å². The van der Waals surface area contributed by atoms with Gasteiger partial charge in [0.05, 0.1) is 0 Å². The van der Waals surface area contributed by atoms with Gasteiger partial charge in [0.1, 0.15) is 0 Å². The van der Waals surface area contributed by atoms with E-state index in [-0.39, 0.29) is 12.4 Å². The molecule has 0 bridgehead atoms. The molecule has 0 atom stereocenters. The maximum Gasteiger partial charge on any atom is 0.519 e.